The van der Waals surface area contributed by atoms with Gasteiger partial charge in [-0.15, -0.1) is 0 Å². The predicted octanol–water partition coefficient (Wildman–Crippen LogP) is 3.90. The molecule has 0 fully saturated rings. The normalized spacial score (nSPS) is 12.3. The Morgan fingerprint density at radius 1 is 0.947 bits per heavy atom. The van der Waals surface area contributed by atoms with Gasteiger partial charge in [-0.2, -0.15) is 0 Å². The number of H-pyrrole nitrogens is 1. The van der Waals surface area contributed by atoms with Crippen LogP contribution in [0.25, 0.3) is 0 Å². The molecule has 0 saturated carbocycles. The largest absolute Gasteiger partial charge is 0.348 e. The molecule has 1 atom stereocenters. The van der Waals surface area contributed by atoms with Crippen molar-refractivity contribution in [3.63, 3.8) is 0 Å². The van der Waals surface area contributed by atoms with Gasteiger partial charge in [0.15, 0.2) is 0 Å². The summed E-state index contributed by atoms with van der Waals surface area (Å²) in [5, 5.41) is 0. The fourth-order valence-electron chi connectivity index (χ4n) is 2.47. The molecule has 0 bridgehead atoms. The van der Waals surface area contributed by atoms with Crippen molar-refractivity contribution in [1.29, 1.82) is 0 Å². The summed E-state index contributed by atoms with van der Waals surface area (Å²) in [6.07, 6.45) is 3.64. The van der Waals surface area contributed by atoms with Crippen LogP contribution in [0.3, 0.4) is 0 Å². The summed E-state index contributed by atoms with van der Waals surface area (Å²) in [6.45, 7) is 2.12. The van der Waals surface area contributed by atoms with Gasteiger partial charge in [-0.3, -0.25) is 0 Å². The van der Waals surface area contributed by atoms with Gasteiger partial charge in [0.25, 0.3) is 0 Å². The summed E-state index contributed by atoms with van der Waals surface area (Å²) in [7, 11) is 0. The Balaban J connectivity index is 2.12. The lowest BCUT2D eigenvalue weighted by Crippen LogP contribution is -2.03. The Kier molecular flexibility index (Phi) is 3.15. The average molecular weight is 248 g/mol. The van der Waals surface area contributed by atoms with E-state index in [4.69, 9.17) is 0 Å². The first kappa shape index (κ1) is 11.7. The number of imidazole rings is 1. The van der Waals surface area contributed by atoms with Crippen LogP contribution in [0.2, 0.25) is 0 Å². The zero-order chi connectivity index (χ0) is 13.1. The van der Waals surface area contributed by atoms with Crippen molar-refractivity contribution in [2.24, 2.45) is 0 Å². The van der Waals surface area contributed by atoms with E-state index in [1.165, 1.54) is 16.7 Å². The Morgan fingerprint density at radius 2 is 1.74 bits per heavy atom. The number of aromatic amines is 1. The van der Waals surface area contributed by atoms with Crippen LogP contribution in [0.5, 0.6) is 0 Å². The quantitative estimate of drug-likeness (QED) is 0.748. The molecule has 0 spiro atoms. The Labute approximate surface area is 113 Å². The third-order valence-corrected chi connectivity index (χ3v) is 3.34. The highest BCUT2D eigenvalue weighted by atomic mass is 14.9. The molecule has 19 heavy (non-hydrogen) atoms. The molecule has 0 aliphatic heterocycles. The molecule has 2 aromatic carbocycles. The van der Waals surface area contributed by atoms with Gasteiger partial charge in [0.2, 0.25) is 0 Å². The first-order valence-electron chi connectivity index (χ1n) is 6.44. The van der Waals surface area contributed by atoms with E-state index < -0.39 is 0 Å². The Hall–Kier alpha value is -2.35. The third kappa shape index (κ3) is 2.43. The van der Waals surface area contributed by atoms with Gasteiger partial charge in [-0.05, 0) is 18.1 Å². The van der Waals surface area contributed by atoms with Crippen LogP contribution < -0.4 is 0 Å². The molecule has 0 saturated heterocycles. The number of nitrogens with one attached hydrogen (secondary N) is 1. The lowest BCUT2D eigenvalue weighted by molar-refractivity contribution is 0.931. The maximum Gasteiger partial charge on any atom is 0.0922 e. The molecule has 3 rings (SSSR count). The zero-order valence-electron chi connectivity index (χ0n) is 10.9. The molecule has 3 aromatic rings. The van der Waals surface area contributed by atoms with Crippen molar-refractivity contribution in [3.8, 4) is 0 Å². The summed E-state index contributed by atoms with van der Waals surface area (Å²) >= 11 is 0. The Bertz CT molecular complexity index is 642. The van der Waals surface area contributed by atoms with Gasteiger partial charge in [-0.1, -0.05) is 60.2 Å². The first-order chi connectivity index (χ1) is 9.34. The second kappa shape index (κ2) is 5.11. The van der Waals surface area contributed by atoms with E-state index in [1.807, 2.05) is 12.3 Å². The number of aryl methyl sites for hydroxylation is 1. The number of nitrogens with zero attached hydrogens (tertiary/aromatic N) is 1. The van der Waals surface area contributed by atoms with Gasteiger partial charge < -0.3 is 4.98 Å². The molecule has 0 radical (unpaired) electrons. The summed E-state index contributed by atoms with van der Waals surface area (Å²) in [6, 6.07) is 19.2. The van der Waals surface area contributed by atoms with Crippen LogP contribution in [0.15, 0.2) is 67.1 Å². The van der Waals surface area contributed by atoms with Gasteiger partial charge >= 0.3 is 0 Å². The van der Waals surface area contributed by atoms with Crippen LogP contribution in [-0.2, 0) is 0 Å². The Morgan fingerprint density at radius 3 is 2.42 bits per heavy atom. The van der Waals surface area contributed by atoms with Gasteiger partial charge in [0.1, 0.15) is 0 Å². The highest BCUT2D eigenvalue weighted by Gasteiger charge is 2.17. The van der Waals surface area contributed by atoms with E-state index in [2.05, 4.69) is 65.4 Å². The number of rotatable bonds is 3. The van der Waals surface area contributed by atoms with E-state index in [-0.39, 0.29) is 5.92 Å². The molecule has 1 unspecified atom stereocenters. The fraction of sp³-hybridized carbons (Fsp3) is 0.118. The first-order valence-corrected chi connectivity index (χ1v) is 6.44. The highest BCUT2D eigenvalue weighted by Crippen LogP contribution is 2.30. The monoisotopic (exact) mass is 248 g/mol. The molecule has 1 N–H and O–H groups in total. The smallest absolute Gasteiger partial charge is 0.0922 e. The number of benzene rings is 2. The maximum atomic E-state index is 4.16. The number of hydrogen-bond acceptors (Lipinski definition) is 1. The standard InChI is InChI=1S/C17H16N2/c1-13-6-5-9-15(10-13)17(16-11-18-12-19-16)14-7-3-2-4-8-14/h2-12,17H,1H3,(H,18,19). The summed E-state index contributed by atoms with van der Waals surface area (Å²) in [5.41, 5.74) is 4.96. The second-order valence-electron chi connectivity index (χ2n) is 4.76. The van der Waals surface area contributed by atoms with E-state index >= 15 is 0 Å². The number of aromatic nitrogens is 2. The minimum absolute atomic E-state index is 0.212. The second-order valence-corrected chi connectivity index (χ2v) is 4.76. The zero-order valence-corrected chi connectivity index (χ0v) is 10.9. The van der Waals surface area contributed by atoms with E-state index in [9.17, 15) is 0 Å². The SMILES string of the molecule is Cc1cccc(C(c2ccccc2)c2cnc[nH]2)c1. The molecule has 0 amide bonds. The summed E-state index contributed by atoms with van der Waals surface area (Å²) < 4.78 is 0. The fourth-order valence-corrected chi connectivity index (χ4v) is 2.47. The molecule has 1 heterocycles. The van der Waals surface area contributed by atoms with Crippen LogP contribution in [-0.4, -0.2) is 9.97 Å². The molecule has 0 aliphatic carbocycles. The molecular formula is C17H16N2. The lowest BCUT2D eigenvalue weighted by atomic mass is 9.88. The maximum absolute atomic E-state index is 4.16. The molecule has 1 aromatic heterocycles. The predicted molar refractivity (Wildman–Crippen MR) is 77.2 cm³/mol. The van der Waals surface area contributed by atoms with Gasteiger partial charge in [0.05, 0.1) is 12.2 Å². The topological polar surface area (TPSA) is 28.7 Å². The lowest BCUT2D eigenvalue weighted by Gasteiger charge is -2.17. The van der Waals surface area contributed by atoms with Crippen molar-refractivity contribution in [1.82, 2.24) is 9.97 Å². The molecule has 2 nitrogen and oxygen atoms in total. The molecule has 0 aliphatic rings. The van der Waals surface area contributed by atoms with Crippen LogP contribution in [0, 0.1) is 6.92 Å². The van der Waals surface area contributed by atoms with Crippen molar-refractivity contribution in [3.05, 3.63) is 89.5 Å². The van der Waals surface area contributed by atoms with Crippen molar-refractivity contribution in [2.45, 2.75) is 12.8 Å². The highest BCUT2D eigenvalue weighted by molar-refractivity contribution is 5.40. The molecule has 2 heteroatoms. The van der Waals surface area contributed by atoms with Gasteiger partial charge in [-0.25, -0.2) is 4.98 Å². The average Bonchev–Trinajstić information content (AvgIpc) is 2.94. The minimum atomic E-state index is 0.212. The molecule has 94 valence electrons. The van der Waals surface area contributed by atoms with Crippen molar-refractivity contribution in [2.75, 3.05) is 0 Å². The van der Waals surface area contributed by atoms with Crippen LogP contribution >= 0.6 is 0 Å². The van der Waals surface area contributed by atoms with Crippen molar-refractivity contribution >= 4 is 0 Å². The van der Waals surface area contributed by atoms with Crippen molar-refractivity contribution < 1.29 is 0 Å². The van der Waals surface area contributed by atoms with E-state index in [1.54, 1.807) is 6.33 Å². The van der Waals surface area contributed by atoms with Crippen LogP contribution in [0.1, 0.15) is 28.3 Å². The van der Waals surface area contributed by atoms with E-state index in [0.717, 1.165) is 5.69 Å². The van der Waals surface area contributed by atoms with E-state index in [0.29, 0.717) is 0 Å². The van der Waals surface area contributed by atoms with Gasteiger partial charge in [0, 0.05) is 11.9 Å². The minimum Gasteiger partial charge on any atom is -0.348 e. The van der Waals surface area contributed by atoms with Crippen LogP contribution in [0.4, 0.5) is 0 Å². The summed E-state index contributed by atoms with van der Waals surface area (Å²) in [4.78, 5) is 7.40. The number of hydrogen-bond donors (Lipinski definition) is 1. The summed E-state index contributed by atoms with van der Waals surface area (Å²) in [5.74, 6) is 0.212. The third-order valence-electron chi connectivity index (χ3n) is 3.34. The molecular weight excluding hydrogens is 232 g/mol.